The first-order valence-corrected chi connectivity index (χ1v) is 9.38. The molecule has 2 heterocycles. The Balaban J connectivity index is 0.00000261. The molecule has 0 spiro atoms. The van der Waals surface area contributed by atoms with E-state index >= 15 is 0 Å². The number of carbonyl (C=O) groups is 2. The van der Waals surface area contributed by atoms with Crippen LogP contribution in [-0.4, -0.2) is 47.0 Å². The number of hydrogen-bond donors (Lipinski definition) is 1. The number of hydrogen-bond acceptors (Lipinski definition) is 5. The third-order valence-electron chi connectivity index (χ3n) is 4.32. The molecule has 1 atom stereocenters. The van der Waals surface area contributed by atoms with Crippen LogP contribution in [-0.2, 0) is 4.79 Å². The Morgan fingerprint density at radius 2 is 2.19 bits per heavy atom. The molecule has 0 saturated carbocycles. The summed E-state index contributed by atoms with van der Waals surface area (Å²) in [5, 5.41) is 3.31. The van der Waals surface area contributed by atoms with Crippen LogP contribution in [0.2, 0.25) is 0 Å². The molecular weight excluding hydrogens is 389 g/mol. The van der Waals surface area contributed by atoms with Gasteiger partial charge in [0, 0.05) is 36.9 Å². The largest absolute Gasteiger partial charge is 0.332 e. The molecule has 1 aliphatic heterocycles. The zero-order valence-corrected chi connectivity index (χ0v) is 16.5. The number of pyridine rings is 1. The Labute approximate surface area is 168 Å². The summed E-state index contributed by atoms with van der Waals surface area (Å²) in [5.41, 5.74) is 1.06. The van der Waals surface area contributed by atoms with Gasteiger partial charge in [-0.2, -0.15) is 0 Å². The Kier molecular flexibility index (Phi) is 7.77. The van der Waals surface area contributed by atoms with Gasteiger partial charge in [-0.25, -0.2) is 4.39 Å². The van der Waals surface area contributed by atoms with E-state index in [1.54, 1.807) is 18.5 Å². The van der Waals surface area contributed by atoms with Gasteiger partial charge in [-0.05, 0) is 36.8 Å². The molecule has 5 nitrogen and oxygen atoms in total. The molecule has 1 unspecified atom stereocenters. The maximum Gasteiger partial charge on any atom is 0.233 e. The zero-order chi connectivity index (χ0) is 18.5. The van der Waals surface area contributed by atoms with Crippen molar-refractivity contribution in [3.05, 3.63) is 59.7 Å². The highest BCUT2D eigenvalue weighted by Crippen LogP contribution is 2.25. The standard InChI is InChI=1S/C19H20FN3O2S.ClH/c1-13(24)16-5-4-15(9-17(16)20)26-12-19(25)23-8-7-22-11-18(23)14-3-2-6-21-10-14;/h2-6,9-10,18,22H,7-8,11-12H2,1H3;1H. The van der Waals surface area contributed by atoms with Crippen LogP contribution in [0.4, 0.5) is 4.39 Å². The van der Waals surface area contributed by atoms with Crippen LogP contribution < -0.4 is 5.32 Å². The maximum absolute atomic E-state index is 13.9. The number of carbonyl (C=O) groups excluding carboxylic acids is 2. The number of amides is 1. The Morgan fingerprint density at radius 3 is 2.85 bits per heavy atom. The summed E-state index contributed by atoms with van der Waals surface area (Å²) in [6, 6.07) is 8.23. The normalized spacial score (nSPS) is 16.5. The van der Waals surface area contributed by atoms with Crippen molar-refractivity contribution >= 4 is 35.9 Å². The van der Waals surface area contributed by atoms with Gasteiger partial charge in [-0.1, -0.05) is 6.07 Å². The van der Waals surface area contributed by atoms with Crippen LogP contribution in [0.3, 0.4) is 0 Å². The van der Waals surface area contributed by atoms with E-state index in [1.807, 2.05) is 17.0 Å². The number of aromatic nitrogens is 1. The summed E-state index contributed by atoms with van der Waals surface area (Å²) in [7, 11) is 0. The van der Waals surface area contributed by atoms with Crippen LogP contribution >= 0.6 is 24.2 Å². The number of rotatable bonds is 5. The van der Waals surface area contributed by atoms with E-state index in [4.69, 9.17) is 0 Å². The molecule has 1 aliphatic rings. The minimum Gasteiger partial charge on any atom is -0.332 e. The van der Waals surface area contributed by atoms with Gasteiger partial charge in [-0.3, -0.25) is 14.6 Å². The fraction of sp³-hybridized carbons (Fsp3) is 0.316. The van der Waals surface area contributed by atoms with Crippen molar-refractivity contribution in [1.29, 1.82) is 0 Å². The van der Waals surface area contributed by atoms with Crippen molar-refractivity contribution < 1.29 is 14.0 Å². The summed E-state index contributed by atoms with van der Waals surface area (Å²) in [6.45, 7) is 3.38. The number of piperazine rings is 1. The van der Waals surface area contributed by atoms with Crippen molar-refractivity contribution in [2.24, 2.45) is 0 Å². The highest BCUT2D eigenvalue weighted by atomic mass is 35.5. The van der Waals surface area contributed by atoms with Crippen molar-refractivity contribution in [2.75, 3.05) is 25.4 Å². The third-order valence-corrected chi connectivity index (χ3v) is 5.29. The van der Waals surface area contributed by atoms with E-state index in [-0.39, 0.29) is 41.5 Å². The smallest absolute Gasteiger partial charge is 0.233 e. The summed E-state index contributed by atoms with van der Waals surface area (Å²) in [5.74, 6) is -0.641. The molecule has 0 bridgehead atoms. The first-order chi connectivity index (χ1) is 12.6. The second kappa shape index (κ2) is 9.82. The van der Waals surface area contributed by atoms with Crippen LogP contribution in [0.5, 0.6) is 0 Å². The van der Waals surface area contributed by atoms with E-state index in [1.165, 1.54) is 30.8 Å². The fourth-order valence-corrected chi connectivity index (χ4v) is 3.78. The second-order valence-electron chi connectivity index (χ2n) is 6.08. The molecule has 27 heavy (non-hydrogen) atoms. The van der Waals surface area contributed by atoms with Gasteiger partial charge in [-0.15, -0.1) is 24.2 Å². The molecule has 1 aromatic carbocycles. The van der Waals surface area contributed by atoms with E-state index in [0.717, 1.165) is 12.1 Å². The lowest BCUT2D eigenvalue weighted by molar-refractivity contribution is -0.131. The van der Waals surface area contributed by atoms with Crippen LogP contribution in [0.1, 0.15) is 28.9 Å². The summed E-state index contributed by atoms with van der Waals surface area (Å²) in [6.07, 6.45) is 3.49. The summed E-state index contributed by atoms with van der Waals surface area (Å²) >= 11 is 1.28. The molecule has 1 amide bonds. The summed E-state index contributed by atoms with van der Waals surface area (Å²) < 4.78 is 13.9. The lowest BCUT2D eigenvalue weighted by Gasteiger charge is -2.36. The van der Waals surface area contributed by atoms with Gasteiger partial charge in [0.05, 0.1) is 17.4 Å². The molecule has 1 fully saturated rings. The number of thioether (sulfide) groups is 1. The second-order valence-corrected chi connectivity index (χ2v) is 7.13. The van der Waals surface area contributed by atoms with Gasteiger partial charge in [0.25, 0.3) is 0 Å². The maximum atomic E-state index is 13.9. The number of benzene rings is 1. The number of halogens is 2. The fourth-order valence-electron chi connectivity index (χ4n) is 2.97. The number of nitrogens with one attached hydrogen (secondary N) is 1. The lowest BCUT2D eigenvalue weighted by atomic mass is 10.1. The Morgan fingerprint density at radius 1 is 1.37 bits per heavy atom. The van der Waals surface area contributed by atoms with Gasteiger partial charge in [0.1, 0.15) is 5.82 Å². The third kappa shape index (κ3) is 5.28. The Bertz CT molecular complexity index is 807. The molecule has 1 saturated heterocycles. The molecule has 0 radical (unpaired) electrons. The van der Waals surface area contributed by atoms with Crippen molar-refractivity contribution in [3.8, 4) is 0 Å². The van der Waals surface area contributed by atoms with Crippen molar-refractivity contribution in [3.63, 3.8) is 0 Å². The predicted octanol–water partition coefficient (Wildman–Crippen LogP) is 3.11. The minimum atomic E-state index is -0.551. The van der Waals surface area contributed by atoms with E-state index < -0.39 is 5.82 Å². The number of nitrogens with zero attached hydrogens (tertiary/aromatic N) is 2. The Hall–Kier alpha value is -1.96. The van der Waals surface area contributed by atoms with Gasteiger partial charge in [0.2, 0.25) is 5.91 Å². The quantitative estimate of drug-likeness (QED) is 0.607. The molecule has 0 aliphatic carbocycles. The molecule has 2 aromatic rings. The predicted molar refractivity (Wildman–Crippen MR) is 106 cm³/mol. The molecule has 144 valence electrons. The SMILES string of the molecule is CC(=O)c1ccc(SCC(=O)N2CCNCC2c2cccnc2)cc1F.Cl. The van der Waals surface area contributed by atoms with Crippen LogP contribution in [0, 0.1) is 5.82 Å². The van der Waals surface area contributed by atoms with E-state index in [2.05, 4.69) is 10.3 Å². The van der Waals surface area contributed by atoms with Gasteiger partial charge >= 0.3 is 0 Å². The minimum absolute atomic E-state index is 0. The van der Waals surface area contributed by atoms with Crippen LogP contribution in [0.15, 0.2) is 47.6 Å². The highest BCUT2D eigenvalue weighted by molar-refractivity contribution is 8.00. The monoisotopic (exact) mass is 409 g/mol. The van der Waals surface area contributed by atoms with Crippen molar-refractivity contribution in [2.45, 2.75) is 17.9 Å². The summed E-state index contributed by atoms with van der Waals surface area (Å²) in [4.78, 5) is 30.6. The number of Topliss-reactive ketones (excluding diaryl/α,β-unsaturated/α-hetero) is 1. The van der Waals surface area contributed by atoms with Crippen LogP contribution in [0.25, 0.3) is 0 Å². The zero-order valence-electron chi connectivity index (χ0n) is 14.9. The first-order valence-electron chi connectivity index (χ1n) is 8.39. The van der Waals surface area contributed by atoms with Gasteiger partial charge < -0.3 is 10.2 Å². The average molecular weight is 410 g/mol. The van der Waals surface area contributed by atoms with Gasteiger partial charge in [0.15, 0.2) is 5.78 Å². The topological polar surface area (TPSA) is 62.3 Å². The molecular formula is C19H21ClFN3O2S. The molecule has 1 aromatic heterocycles. The molecule has 3 rings (SSSR count). The average Bonchev–Trinajstić information content (AvgIpc) is 2.66. The first kappa shape index (κ1) is 21.3. The van der Waals surface area contributed by atoms with E-state index in [0.29, 0.717) is 18.0 Å². The molecule has 1 N–H and O–H groups in total. The van der Waals surface area contributed by atoms with E-state index in [9.17, 15) is 14.0 Å². The molecule has 8 heteroatoms. The highest BCUT2D eigenvalue weighted by Gasteiger charge is 2.27. The van der Waals surface area contributed by atoms with Crippen molar-refractivity contribution in [1.82, 2.24) is 15.2 Å². The number of ketones is 1. The lowest BCUT2D eigenvalue weighted by Crippen LogP contribution is -2.49.